The Morgan fingerprint density at radius 3 is 2.18 bits per heavy atom. The third-order valence-electron chi connectivity index (χ3n) is 5.48. The van der Waals surface area contributed by atoms with Gasteiger partial charge in [0.2, 0.25) is 15.9 Å². The fourth-order valence-corrected chi connectivity index (χ4v) is 5.04. The van der Waals surface area contributed by atoms with Gasteiger partial charge >= 0.3 is 6.03 Å². The first-order chi connectivity index (χ1) is 15.5. The first-order valence-corrected chi connectivity index (χ1v) is 11.8. The molecule has 1 fully saturated rings. The van der Waals surface area contributed by atoms with Crippen molar-refractivity contribution in [3.63, 3.8) is 0 Å². The van der Waals surface area contributed by atoms with E-state index in [0.29, 0.717) is 24.3 Å². The van der Waals surface area contributed by atoms with Crippen molar-refractivity contribution in [1.82, 2.24) is 14.5 Å². The van der Waals surface area contributed by atoms with E-state index in [9.17, 15) is 27.2 Å². The predicted molar refractivity (Wildman–Crippen MR) is 119 cm³/mol. The number of imide groups is 1. The second-order valence-corrected chi connectivity index (χ2v) is 9.55. The Kier molecular flexibility index (Phi) is 6.84. The summed E-state index contributed by atoms with van der Waals surface area (Å²) in [7, 11) is -3.63. The molecule has 0 saturated carbocycles. The van der Waals surface area contributed by atoms with Gasteiger partial charge < -0.3 is 10.6 Å². The van der Waals surface area contributed by atoms with Crippen molar-refractivity contribution in [3.05, 3.63) is 59.9 Å². The second kappa shape index (κ2) is 9.28. The molecule has 9 nitrogen and oxygen atoms in total. The zero-order valence-corrected chi connectivity index (χ0v) is 19.3. The number of carbonyl (C=O) groups excluding carboxylic acids is 3. The minimum atomic E-state index is -3.63. The SMILES string of the molecule is CCN(CC)S(=O)(=O)c1ccc(NC(=O)CN2C(=O)N[C@](C)(c3ccc(F)cc3)C2=O)cc1. The number of carbonyl (C=O) groups is 3. The number of benzene rings is 2. The molecule has 1 aliphatic heterocycles. The molecule has 4 amide bonds. The molecule has 176 valence electrons. The predicted octanol–water partition coefficient (Wildman–Crippen LogP) is 2.26. The van der Waals surface area contributed by atoms with E-state index >= 15 is 0 Å². The average Bonchev–Trinajstić information content (AvgIpc) is 2.99. The van der Waals surface area contributed by atoms with Gasteiger partial charge in [0.05, 0.1) is 4.90 Å². The topological polar surface area (TPSA) is 116 Å². The van der Waals surface area contributed by atoms with Crippen LogP contribution in [-0.2, 0) is 25.2 Å². The molecule has 0 aliphatic carbocycles. The summed E-state index contributed by atoms with van der Waals surface area (Å²) in [6, 6.07) is 10.0. The summed E-state index contributed by atoms with van der Waals surface area (Å²) in [6.07, 6.45) is 0. The lowest BCUT2D eigenvalue weighted by Gasteiger charge is -2.22. The quantitative estimate of drug-likeness (QED) is 0.567. The summed E-state index contributed by atoms with van der Waals surface area (Å²) < 4.78 is 39.7. The van der Waals surface area contributed by atoms with Crippen LogP contribution in [0.4, 0.5) is 14.9 Å². The second-order valence-electron chi connectivity index (χ2n) is 7.62. The molecule has 0 radical (unpaired) electrons. The third kappa shape index (κ3) is 4.74. The summed E-state index contributed by atoms with van der Waals surface area (Å²) >= 11 is 0. The summed E-state index contributed by atoms with van der Waals surface area (Å²) in [5.74, 6) is -1.76. The van der Waals surface area contributed by atoms with Gasteiger partial charge in [-0.25, -0.2) is 17.6 Å². The Bertz CT molecular complexity index is 1160. The zero-order valence-electron chi connectivity index (χ0n) is 18.5. The Balaban J connectivity index is 1.69. The molecular formula is C22H25FN4O5S. The molecule has 2 aromatic carbocycles. The Hall–Kier alpha value is -3.31. The molecule has 1 heterocycles. The van der Waals surface area contributed by atoms with Crippen molar-refractivity contribution in [2.75, 3.05) is 25.0 Å². The average molecular weight is 477 g/mol. The number of sulfonamides is 1. The van der Waals surface area contributed by atoms with Crippen molar-refractivity contribution in [2.24, 2.45) is 0 Å². The summed E-state index contributed by atoms with van der Waals surface area (Å²) in [5, 5.41) is 5.09. The number of anilines is 1. The molecule has 33 heavy (non-hydrogen) atoms. The van der Waals surface area contributed by atoms with Crippen molar-refractivity contribution in [2.45, 2.75) is 31.2 Å². The van der Waals surface area contributed by atoms with Crippen LogP contribution in [0, 0.1) is 5.82 Å². The van der Waals surface area contributed by atoms with E-state index in [1.165, 1.54) is 59.8 Å². The standard InChI is InChI=1S/C22H25FN4O5S/c1-4-26(5-2)33(31,32)18-12-10-17(11-13-18)24-19(28)14-27-20(29)22(3,25-21(27)30)15-6-8-16(23)9-7-15/h6-13H,4-5,14H2,1-3H3,(H,24,28)(H,25,30)/t22-/m1/s1. The van der Waals surface area contributed by atoms with Crippen LogP contribution in [0.15, 0.2) is 53.4 Å². The number of rotatable bonds is 8. The Morgan fingerprint density at radius 2 is 1.64 bits per heavy atom. The van der Waals surface area contributed by atoms with Crippen LogP contribution in [0.3, 0.4) is 0 Å². The van der Waals surface area contributed by atoms with Crippen LogP contribution in [0.1, 0.15) is 26.3 Å². The molecular weight excluding hydrogens is 451 g/mol. The first-order valence-electron chi connectivity index (χ1n) is 10.3. The van der Waals surface area contributed by atoms with Gasteiger partial charge in [0.15, 0.2) is 0 Å². The van der Waals surface area contributed by atoms with E-state index in [4.69, 9.17) is 0 Å². The van der Waals surface area contributed by atoms with Crippen LogP contribution in [-0.4, -0.2) is 55.1 Å². The van der Waals surface area contributed by atoms with Gasteiger partial charge in [0.1, 0.15) is 17.9 Å². The summed E-state index contributed by atoms with van der Waals surface area (Å²) in [6.45, 7) is 5.09. The van der Waals surface area contributed by atoms with Gasteiger partial charge in [-0.15, -0.1) is 0 Å². The fraction of sp³-hybridized carbons (Fsp3) is 0.318. The fourth-order valence-electron chi connectivity index (χ4n) is 3.59. The molecule has 2 aromatic rings. The lowest BCUT2D eigenvalue weighted by atomic mass is 9.92. The maximum Gasteiger partial charge on any atom is 0.325 e. The van der Waals surface area contributed by atoms with Crippen molar-refractivity contribution < 1.29 is 27.2 Å². The lowest BCUT2D eigenvalue weighted by Crippen LogP contribution is -2.42. The molecule has 0 bridgehead atoms. The molecule has 0 spiro atoms. The number of amides is 4. The van der Waals surface area contributed by atoms with Gasteiger partial charge in [-0.05, 0) is 48.9 Å². The number of urea groups is 1. The monoisotopic (exact) mass is 476 g/mol. The van der Waals surface area contributed by atoms with Gasteiger partial charge in [-0.1, -0.05) is 26.0 Å². The molecule has 0 unspecified atom stereocenters. The Labute approximate surface area is 191 Å². The highest BCUT2D eigenvalue weighted by Gasteiger charge is 2.49. The number of hydrogen-bond donors (Lipinski definition) is 2. The normalized spacial score (nSPS) is 18.5. The minimum Gasteiger partial charge on any atom is -0.325 e. The van der Waals surface area contributed by atoms with Gasteiger partial charge in [-0.2, -0.15) is 4.31 Å². The summed E-state index contributed by atoms with van der Waals surface area (Å²) in [5.41, 5.74) is -0.729. The largest absolute Gasteiger partial charge is 0.325 e. The van der Waals surface area contributed by atoms with Crippen LogP contribution in [0.25, 0.3) is 0 Å². The highest BCUT2D eigenvalue weighted by Crippen LogP contribution is 2.29. The smallest absolute Gasteiger partial charge is 0.325 e. The highest BCUT2D eigenvalue weighted by atomic mass is 32.2. The van der Waals surface area contributed by atoms with E-state index < -0.39 is 45.8 Å². The zero-order chi connectivity index (χ0) is 24.4. The van der Waals surface area contributed by atoms with Crippen LogP contribution >= 0.6 is 0 Å². The van der Waals surface area contributed by atoms with Crippen LogP contribution < -0.4 is 10.6 Å². The van der Waals surface area contributed by atoms with E-state index in [2.05, 4.69) is 10.6 Å². The van der Waals surface area contributed by atoms with Crippen molar-refractivity contribution >= 4 is 33.6 Å². The van der Waals surface area contributed by atoms with Gasteiger partial charge in [0, 0.05) is 18.8 Å². The molecule has 3 rings (SSSR count). The van der Waals surface area contributed by atoms with Gasteiger partial charge in [-0.3, -0.25) is 14.5 Å². The summed E-state index contributed by atoms with van der Waals surface area (Å²) in [4.78, 5) is 38.6. The molecule has 1 atom stereocenters. The number of nitrogens with zero attached hydrogens (tertiary/aromatic N) is 2. The minimum absolute atomic E-state index is 0.0911. The lowest BCUT2D eigenvalue weighted by molar-refractivity contribution is -0.133. The molecule has 11 heteroatoms. The molecule has 0 aromatic heterocycles. The maximum atomic E-state index is 13.2. The van der Waals surface area contributed by atoms with Crippen LogP contribution in [0.5, 0.6) is 0 Å². The maximum absolute atomic E-state index is 13.2. The van der Waals surface area contributed by atoms with Crippen molar-refractivity contribution in [1.29, 1.82) is 0 Å². The van der Waals surface area contributed by atoms with Crippen LogP contribution in [0.2, 0.25) is 0 Å². The highest BCUT2D eigenvalue weighted by molar-refractivity contribution is 7.89. The number of halogens is 1. The molecule has 2 N–H and O–H groups in total. The van der Waals surface area contributed by atoms with E-state index in [1.54, 1.807) is 13.8 Å². The molecule has 1 aliphatic rings. The van der Waals surface area contributed by atoms with E-state index in [1.807, 2.05) is 0 Å². The third-order valence-corrected chi connectivity index (χ3v) is 7.54. The van der Waals surface area contributed by atoms with E-state index in [0.717, 1.165) is 4.90 Å². The number of nitrogens with one attached hydrogen (secondary N) is 2. The first kappa shape index (κ1) is 24.3. The van der Waals surface area contributed by atoms with Crippen molar-refractivity contribution in [3.8, 4) is 0 Å². The van der Waals surface area contributed by atoms with Gasteiger partial charge in [0.25, 0.3) is 5.91 Å². The molecule has 1 saturated heterocycles. The van der Waals surface area contributed by atoms with E-state index in [-0.39, 0.29) is 4.90 Å². The Morgan fingerprint density at radius 1 is 1.06 bits per heavy atom. The number of hydrogen-bond acceptors (Lipinski definition) is 5.